The van der Waals surface area contributed by atoms with Crippen LogP contribution in [0.5, 0.6) is 0 Å². The van der Waals surface area contributed by atoms with Crippen molar-refractivity contribution in [2.24, 2.45) is 5.16 Å². The second kappa shape index (κ2) is 6.65. The van der Waals surface area contributed by atoms with Gasteiger partial charge in [0.1, 0.15) is 5.71 Å². The number of carbonyl (C=O) groups excluding carboxylic acids is 1. The van der Waals surface area contributed by atoms with Gasteiger partial charge in [0, 0.05) is 18.7 Å². The summed E-state index contributed by atoms with van der Waals surface area (Å²) in [7, 11) is 0. The Morgan fingerprint density at radius 3 is 2.57 bits per heavy atom. The van der Waals surface area contributed by atoms with Crippen LogP contribution >= 0.6 is 0 Å². The molecular formula is C19H20N2O2. The van der Waals surface area contributed by atoms with Crippen LogP contribution in [0.25, 0.3) is 0 Å². The lowest BCUT2D eigenvalue weighted by atomic mass is 10.0. The first kappa shape index (κ1) is 15.3. The van der Waals surface area contributed by atoms with Gasteiger partial charge in [-0.15, -0.1) is 0 Å². The van der Waals surface area contributed by atoms with Crippen molar-refractivity contribution in [1.29, 1.82) is 0 Å². The van der Waals surface area contributed by atoms with E-state index in [-0.39, 0.29) is 12.0 Å². The largest absolute Gasteiger partial charge is 0.387 e. The quantitative estimate of drug-likeness (QED) is 0.860. The normalized spacial score (nSPS) is 16.6. The van der Waals surface area contributed by atoms with Crippen molar-refractivity contribution in [3.63, 3.8) is 0 Å². The molecule has 0 N–H and O–H groups in total. The number of oxime groups is 1. The molecule has 3 rings (SSSR count). The molecule has 0 radical (unpaired) electrons. The van der Waals surface area contributed by atoms with Gasteiger partial charge in [0.2, 0.25) is 0 Å². The molecule has 1 amide bonds. The Kier molecular flexibility index (Phi) is 4.42. The fourth-order valence-corrected chi connectivity index (χ4v) is 2.80. The minimum atomic E-state index is -0.175. The number of amides is 1. The molecule has 2 aromatic rings. The van der Waals surface area contributed by atoms with Gasteiger partial charge in [0.25, 0.3) is 5.91 Å². The molecule has 0 unspecified atom stereocenters. The third-order valence-corrected chi connectivity index (χ3v) is 4.05. The summed E-state index contributed by atoms with van der Waals surface area (Å²) in [6.45, 7) is 4.57. The van der Waals surface area contributed by atoms with Gasteiger partial charge in [0.05, 0.1) is 0 Å². The number of hydrogen-bond donors (Lipinski definition) is 0. The van der Waals surface area contributed by atoms with E-state index in [1.165, 1.54) is 0 Å². The molecule has 2 aromatic carbocycles. The minimum Gasteiger partial charge on any atom is -0.387 e. The van der Waals surface area contributed by atoms with Crippen LogP contribution in [0.15, 0.2) is 59.8 Å². The van der Waals surface area contributed by atoms with Crippen molar-refractivity contribution < 1.29 is 9.63 Å². The van der Waals surface area contributed by atoms with E-state index in [1.807, 2.05) is 68.4 Å². The van der Waals surface area contributed by atoms with Crippen LogP contribution in [0, 0.1) is 6.92 Å². The van der Waals surface area contributed by atoms with Gasteiger partial charge in [0.15, 0.2) is 6.10 Å². The first-order valence-corrected chi connectivity index (χ1v) is 7.86. The van der Waals surface area contributed by atoms with Crippen LogP contribution in [0.2, 0.25) is 0 Å². The fourth-order valence-electron chi connectivity index (χ4n) is 2.80. The molecule has 1 heterocycles. The highest BCUT2D eigenvalue weighted by molar-refractivity contribution is 6.44. The summed E-state index contributed by atoms with van der Waals surface area (Å²) in [6.07, 6.45) is 0.330. The monoisotopic (exact) mass is 308 g/mol. The summed E-state index contributed by atoms with van der Waals surface area (Å²) in [5, 5.41) is 4.04. The van der Waals surface area contributed by atoms with E-state index in [0.717, 1.165) is 16.8 Å². The highest BCUT2D eigenvalue weighted by Crippen LogP contribution is 2.29. The predicted molar refractivity (Wildman–Crippen MR) is 91.5 cm³/mol. The summed E-state index contributed by atoms with van der Waals surface area (Å²) in [5.74, 6) is -0.0831. The maximum Gasteiger partial charge on any atom is 0.276 e. The molecule has 1 atom stereocenters. The summed E-state index contributed by atoms with van der Waals surface area (Å²) in [5.41, 5.74) is 3.51. The topological polar surface area (TPSA) is 41.9 Å². The van der Waals surface area contributed by atoms with E-state index in [2.05, 4.69) is 5.16 Å². The van der Waals surface area contributed by atoms with Gasteiger partial charge >= 0.3 is 0 Å². The lowest BCUT2D eigenvalue weighted by Crippen LogP contribution is -2.36. The van der Waals surface area contributed by atoms with E-state index in [4.69, 9.17) is 4.84 Å². The van der Waals surface area contributed by atoms with Crippen LogP contribution in [-0.4, -0.2) is 18.2 Å². The van der Waals surface area contributed by atoms with Gasteiger partial charge in [-0.2, -0.15) is 0 Å². The van der Waals surface area contributed by atoms with Crippen molar-refractivity contribution in [3.05, 3.63) is 65.7 Å². The van der Waals surface area contributed by atoms with Gasteiger partial charge in [-0.1, -0.05) is 53.7 Å². The van der Waals surface area contributed by atoms with Gasteiger partial charge in [-0.25, -0.2) is 0 Å². The average molecular weight is 308 g/mol. The number of anilines is 1. The van der Waals surface area contributed by atoms with Crippen LogP contribution in [0.1, 0.15) is 30.6 Å². The fraction of sp³-hybridized carbons (Fsp3) is 0.263. The average Bonchev–Trinajstić information content (AvgIpc) is 3.08. The Labute approximate surface area is 136 Å². The van der Waals surface area contributed by atoms with Crippen molar-refractivity contribution in [3.8, 4) is 0 Å². The van der Waals surface area contributed by atoms with Crippen molar-refractivity contribution >= 4 is 17.3 Å². The Balaban J connectivity index is 1.77. The number of benzene rings is 2. The van der Waals surface area contributed by atoms with E-state index < -0.39 is 0 Å². The highest BCUT2D eigenvalue weighted by atomic mass is 16.6. The predicted octanol–water partition coefficient (Wildman–Crippen LogP) is 3.87. The second-order valence-corrected chi connectivity index (χ2v) is 5.58. The van der Waals surface area contributed by atoms with Crippen molar-refractivity contribution in [2.75, 3.05) is 11.4 Å². The number of aryl methyl sites for hydroxylation is 1. The molecule has 0 saturated carbocycles. The summed E-state index contributed by atoms with van der Waals surface area (Å²) in [6, 6.07) is 17.7. The molecule has 23 heavy (non-hydrogen) atoms. The minimum absolute atomic E-state index is 0.0831. The number of para-hydroxylation sites is 1. The molecule has 4 nitrogen and oxygen atoms in total. The zero-order chi connectivity index (χ0) is 16.2. The standard InChI is InChI=1S/C19H20N2O2/c1-3-21(17-12-8-7-9-14(17)2)19(22)16-13-18(23-20-16)15-10-5-4-6-11-15/h4-12,18H,3,13H2,1-2H3/t18-/m1/s1. The number of carbonyl (C=O) groups is 1. The number of rotatable bonds is 4. The van der Waals surface area contributed by atoms with Crippen molar-refractivity contribution in [2.45, 2.75) is 26.4 Å². The zero-order valence-electron chi connectivity index (χ0n) is 13.4. The zero-order valence-corrected chi connectivity index (χ0v) is 13.4. The van der Waals surface area contributed by atoms with Gasteiger partial charge in [-0.3, -0.25) is 4.79 Å². The maximum atomic E-state index is 12.8. The Morgan fingerprint density at radius 1 is 1.17 bits per heavy atom. The summed E-state index contributed by atoms with van der Waals surface area (Å²) < 4.78 is 0. The van der Waals surface area contributed by atoms with E-state index >= 15 is 0 Å². The number of hydrogen-bond acceptors (Lipinski definition) is 3. The van der Waals surface area contributed by atoms with Crippen LogP contribution in [0.4, 0.5) is 5.69 Å². The Morgan fingerprint density at radius 2 is 1.87 bits per heavy atom. The Bertz CT molecular complexity index is 725. The van der Waals surface area contributed by atoms with Crippen LogP contribution < -0.4 is 4.90 Å². The smallest absolute Gasteiger partial charge is 0.276 e. The van der Waals surface area contributed by atoms with Gasteiger partial charge < -0.3 is 9.74 Å². The number of nitrogens with zero attached hydrogens (tertiary/aromatic N) is 2. The molecule has 0 spiro atoms. The van der Waals surface area contributed by atoms with E-state index in [0.29, 0.717) is 18.7 Å². The van der Waals surface area contributed by atoms with Crippen molar-refractivity contribution in [1.82, 2.24) is 0 Å². The van der Waals surface area contributed by atoms with E-state index in [1.54, 1.807) is 4.90 Å². The molecule has 1 aliphatic rings. The van der Waals surface area contributed by atoms with Crippen LogP contribution in [0.3, 0.4) is 0 Å². The third kappa shape index (κ3) is 3.11. The molecular weight excluding hydrogens is 288 g/mol. The molecule has 0 aromatic heterocycles. The molecule has 0 bridgehead atoms. The molecule has 0 aliphatic carbocycles. The van der Waals surface area contributed by atoms with Gasteiger partial charge in [-0.05, 0) is 31.0 Å². The lowest BCUT2D eigenvalue weighted by molar-refractivity contribution is -0.112. The molecule has 118 valence electrons. The molecule has 4 heteroatoms. The van der Waals surface area contributed by atoms with E-state index in [9.17, 15) is 4.79 Å². The first-order valence-electron chi connectivity index (χ1n) is 7.86. The molecule has 0 fully saturated rings. The SMILES string of the molecule is CCN(C(=O)C1=NO[C@@H](c2ccccc2)C1)c1ccccc1C. The molecule has 1 aliphatic heterocycles. The maximum absolute atomic E-state index is 12.8. The van der Waals surface area contributed by atoms with Crippen LogP contribution in [-0.2, 0) is 9.63 Å². The molecule has 0 saturated heterocycles. The Hall–Kier alpha value is -2.62. The third-order valence-electron chi connectivity index (χ3n) is 4.05. The summed E-state index contributed by atoms with van der Waals surface area (Å²) in [4.78, 5) is 20.1. The highest BCUT2D eigenvalue weighted by Gasteiger charge is 2.30. The first-order chi connectivity index (χ1) is 11.2. The summed E-state index contributed by atoms with van der Waals surface area (Å²) >= 11 is 0. The second-order valence-electron chi connectivity index (χ2n) is 5.58. The lowest BCUT2D eigenvalue weighted by Gasteiger charge is -2.22.